The minimum atomic E-state index is -0.958. The van der Waals surface area contributed by atoms with Gasteiger partial charge in [-0.15, -0.1) is 0 Å². The van der Waals surface area contributed by atoms with Gasteiger partial charge in [0.2, 0.25) is 0 Å². The van der Waals surface area contributed by atoms with Crippen molar-refractivity contribution in [2.75, 3.05) is 13.2 Å². The van der Waals surface area contributed by atoms with Crippen molar-refractivity contribution in [3.8, 4) is 0 Å². The molecule has 0 spiro atoms. The lowest BCUT2D eigenvalue weighted by Crippen LogP contribution is -2.38. The highest BCUT2D eigenvalue weighted by Crippen LogP contribution is 2.23. The van der Waals surface area contributed by atoms with E-state index in [1.165, 1.54) is 57.8 Å². The second kappa shape index (κ2) is 17.7. The summed E-state index contributed by atoms with van der Waals surface area (Å²) in [5.74, 6) is 2.86. The van der Waals surface area contributed by atoms with Crippen LogP contribution < -0.4 is 0 Å². The summed E-state index contributed by atoms with van der Waals surface area (Å²) in [5.41, 5.74) is 0. The highest BCUT2D eigenvalue weighted by Gasteiger charge is 2.33. The van der Waals surface area contributed by atoms with Crippen molar-refractivity contribution < 1.29 is 24.5 Å². The van der Waals surface area contributed by atoms with Crippen molar-refractivity contribution in [1.82, 2.24) is 0 Å². The van der Waals surface area contributed by atoms with Crippen molar-refractivity contribution in [1.29, 1.82) is 0 Å². The third-order valence-electron chi connectivity index (χ3n) is 7.24. The van der Waals surface area contributed by atoms with E-state index in [1.54, 1.807) is 0 Å². The van der Waals surface area contributed by atoms with Gasteiger partial charge in [-0.3, -0.25) is 4.79 Å². The molecular weight excluding hydrogens is 416 g/mol. The van der Waals surface area contributed by atoms with E-state index in [0.29, 0.717) is 25.4 Å². The molecule has 0 aromatic heterocycles. The molecule has 1 aliphatic rings. The van der Waals surface area contributed by atoms with Crippen LogP contribution in [-0.2, 0) is 14.3 Å². The fourth-order valence-corrected chi connectivity index (χ4v) is 4.85. The molecule has 1 rings (SSSR count). The molecule has 0 amide bonds. The second-order valence-electron chi connectivity index (χ2n) is 11.3. The molecule has 0 bridgehead atoms. The van der Waals surface area contributed by atoms with Crippen LogP contribution in [0, 0.1) is 23.7 Å². The topological polar surface area (TPSA) is 76.0 Å². The van der Waals surface area contributed by atoms with Crippen molar-refractivity contribution in [2.45, 2.75) is 136 Å². The fraction of sp³-hybridized carbons (Fsp3) is 0.964. The van der Waals surface area contributed by atoms with Gasteiger partial charge in [-0.25, -0.2) is 0 Å². The van der Waals surface area contributed by atoms with Gasteiger partial charge in [-0.2, -0.15) is 0 Å². The number of esters is 1. The van der Waals surface area contributed by atoms with Crippen LogP contribution in [0.5, 0.6) is 0 Å². The SMILES string of the molecule is CC(C)CCCC(C)CCCC(C)CCCC(C)CCCC(=O)OC[C@@H](O)C1OCC[C@H]1O. The summed E-state index contributed by atoms with van der Waals surface area (Å²) >= 11 is 0. The van der Waals surface area contributed by atoms with E-state index in [4.69, 9.17) is 9.47 Å². The monoisotopic (exact) mass is 470 g/mol. The average molecular weight is 471 g/mol. The van der Waals surface area contributed by atoms with Crippen LogP contribution in [0.25, 0.3) is 0 Å². The molecule has 0 aromatic rings. The number of carbonyl (C=O) groups is 1. The first-order valence-electron chi connectivity index (χ1n) is 13.8. The summed E-state index contributed by atoms with van der Waals surface area (Å²) in [5, 5.41) is 19.7. The van der Waals surface area contributed by atoms with E-state index < -0.39 is 18.3 Å². The van der Waals surface area contributed by atoms with Crippen LogP contribution in [0.15, 0.2) is 0 Å². The van der Waals surface area contributed by atoms with Crippen LogP contribution in [-0.4, -0.2) is 47.7 Å². The van der Waals surface area contributed by atoms with Crippen LogP contribution in [0.1, 0.15) is 118 Å². The first kappa shape index (κ1) is 30.4. The Morgan fingerprint density at radius 3 is 1.79 bits per heavy atom. The van der Waals surface area contributed by atoms with E-state index in [2.05, 4.69) is 34.6 Å². The smallest absolute Gasteiger partial charge is 0.305 e. The fourth-order valence-electron chi connectivity index (χ4n) is 4.85. The number of hydrogen-bond donors (Lipinski definition) is 2. The molecule has 6 atom stereocenters. The standard InChI is InChI=1S/C28H54O5/c1-21(2)10-6-11-22(3)12-7-13-23(4)14-8-15-24(5)16-9-17-27(31)33-20-26(30)28-25(29)18-19-32-28/h21-26,28-30H,6-20H2,1-5H3/t22?,23?,24?,25-,26-,28?/m1/s1. The lowest BCUT2D eigenvalue weighted by molar-refractivity contribution is -0.151. The molecule has 5 nitrogen and oxygen atoms in total. The predicted octanol–water partition coefficient (Wildman–Crippen LogP) is 6.29. The molecule has 1 fully saturated rings. The van der Waals surface area contributed by atoms with Gasteiger partial charge in [0.15, 0.2) is 0 Å². The Balaban J connectivity index is 1.99. The van der Waals surface area contributed by atoms with E-state index in [0.717, 1.165) is 30.6 Å². The van der Waals surface area contributed by atoms with Crippen molar-refractivity contribution >= 4 is 5.97 Å². The molecule has 2 N–H and O–H groups in total. The zero-order chi connectivity index (χ0) is 24.6. The first-order valence-corrected chi connectivity index (χ1v) is 13.8. The number of ether oxygens (including phenoxy) is 2. The largest absolute Gasteiger partial charge is 0.463 e. The molecule has 0 radical (unpaired) electrons. The molecular formula is C28H54O5. The van der Waals surface area contributed by atoms with Gasteiger partial charge in [-0.05, 0) is 36.5 Å². The number of aliphatic hydroxyl groups excluding tert-OH is 2. The van der Waals surface area contributed by atoms with Gasteiger partial charge in [0.25, 0.3) is 0 Å². The number of rotatable bonds is 19. The molecule has 196 valence electrons. The van der Waals surface area contributed by atoms with Gasteiger partial charge < -0.3 is 19.7 Å². The van der Waals surface area contributed by atoms with Crippen LogP contribution >= 0.6 is 0 Å². The Labute approximate surface area is 204 Å². The summed E-state index contributed by atoms with van der Waals surface area (Å²) in [6, 6.07) is 0. The van der Waals surface area contributed by atoms with Crippen LogP contribution in [0.3, 0.4) is 0 Å². The Morgan fingerprint density at radius 2 is 1.33 bits per heavy atom. The summed E-state index contributed by atoms with van der Waals surface area (Å²) in [7, 11) is 0. The Kier molecular flexibility index (Phi) is 16.3. The summed E-state index contributed by atoms with van der Waals surface area (Å²) < 4.78 is 10.5. The third kappa shape index (κ3) is 15.1. The minimum Gasteiger partial charge on any atom is -0.463 e. The van der Waals surface area contributed by atoms with E-state index in [-0.39, 0.29) is 12.6 Å². The summed E-state index contributed by atoms with van der Waals surface area (Å²) in [6.07, 6.45) is 12.5. The average Bonchev–Trinajstić information content (AvgIpc) is 3.17. The highest BCUT2D eigenvalue weighted by molar-refractivity contribution is 5.69. The normalized spacial score (nSPS) is 22.3. The van der Waals surface area contributed by atoms with E-state index in [9.17, 15) is 15.0 Å². The van der Waals surface area contributed by atoms with E-state index in [1.807, 2.05) is 0 Å². The predicted molar refractivity (Wildman–Crippen MR) is 135 cm³/mol. The van der Waals surface area contributed by atoms with Crippen LogP contribution in [0.2, 0.25) is 0 Å². The van der Waals surface area contributed by atoms with Crippen molar-refractivity contribution in [2.24, 2.45) is 23.7 Å². The van der Waals surface area contributed by atoms with Gasteiger partial charge in [0.1, 0.15) is 18.8 Å². The quantitative estimate of drug-likeness (QED) is 0.217. The molecule has 5 heteroatoms. The van der Waals surface area contributed by atoms with Crippen molar-refractivity contribution in [3.05, 3.63) is 0 Å². The Morgan fingerprint density at radius 1 is 0.848 bits per heavy atom. The molecule has 0 saturated carbocycles. The van der Waals surface area contributed by atoms with Crippen LogP contribution in [0.4, 0.5) is 0 Å². The lowest BCUT2D eigenvalue weighted by atomic mass is 9.90. The maximum Gasteiger partial charge on any atom is 0.305 e. The van der Waals surface area contributed by atoms with Gasteiger partial charge >= 0.3 is 5.97 Å². The second-order valence-corrected chi connectivity index (χ2v) is 11.3. The zero-order valence-corrected chi connectivity index (χ0v) is 22.3. The lowest BCUT2D eigenvalue weighted by Gasteiger charge is -2.20. The molecule has 4 unspecified atom stereocenters. The number of carbonyl (C=O) groups excluding carboxylic acids is 1. The van der Waals surface area contributed by atoms with Gasteiger partial charge in [0.05, 0.1) is 6.10 Å². The molecule has 0 aromatic carbocycles. The zero-order valence-electron chi connectivity index (χ0n) is 22.3. The number of hydrogen-bond acceptors (Lipinski definition) is 5. The molecule has 1 saturated heterocycles. The Bertz CT molecular complexity index is 495. The molecule has 1 heterocycles. The minimum absolute atomic E-state index is 0.106. The van der Waals surface area contributed by atoms with Crippen molar-refractivity contribution in [3.63, 3.8) is 0 Å². The molecule has 33 heavy (non-hydrogen) atoms. The third-order valence-corrected chi connectivity index (χ3v) is 7.24. The number of aliphatic hydroxyl groups is 2. The molecule has 0 aliphatic carbocycles. The van der Waals surface area contributed by atoms with Gasteiger partial charge in [-0.1, -0.05) is 98.8 Å². The molecule has 1 aliphatic heterocycles. The highest BCUT2D eigenvalue weighted by atomic mass is 16.6. The summed E-state index contributed by atoms with van der Waals surface area (Å²) in [6.45, 7) is 12.0. The summed E-state index contributed by atoms with van der Waals surface area (Å²) in [4.78, 5) is 11.9. The van der Waals surface area contributed by atoms with E-state index >= 15 is 0 Å². The van der Waals surface area contributed by atoms with Gasteiger partial charge in [0, 0.05) is 13.0 Å². The first-order chi connectivity index (χ1) is 15.7. The maximum absolute atomic E-state index is 11.9. The maximum atomic E-state index is 11.9. The Hall–Kier alpha value is -0.650.